The van der Waals surface area contributed by atoms with Crippen LogP contribution in [0.2, 0.25) is 0 Å². The number of nitrogens with one attached hydrogen (secondary N) is 2. The molecule has 1 amide bonds. The lowest BCUT2D eigenvalue weighted by molar-refractivity contribution is -0.119. The van der Waals surface area contributed by atoms with Crippen LogP contribution in [-0.2, 0) is 11.2 Å². The summed E-state index contributed by atoms with van der Waals surface area (Å²) in [6, 6.07) is 5.03. The first-order valence-corrected chi connectivity index (χ1v) is 8.72. The van der Waals surface area contributed by atoms with E-state index in [9.17, 15) is 4.79 Å². The second-order valence-electron chi connectivity index (χ2n) is 5.17. The molecule has 0 aromatic carbocycles. The van der Waals surface area contributed by atoms with Crippen LogP contribution in [0.1, 0.15) is 31.6 Å². The molecule has 9 nitrogen and oxygen atoms in total. The third-order valence-corrected chi connectivity index (χ3v) is 4.11. The van der Waals surface area contributed by atoms with Crippen molar-refractivity contribution in [2.45, 2.75) is 31.5 Å². The number of nitrogens with zero attached hydrogens (tertiary/aromatic N) is 5. The Morgan fingerprint density at radius 1 is 1.40 bits per heavy atom. The van der Waals surface area contributed by atoms with Crippen LogP contribution in [0.4, 0.5) is 0 Å². The second-order valence-corrected chi connectivity index (χ2v) is 6.11. The number of hydrogen-bond acceptors (Lipinski definition) is 8. The maximum absolute atomic E-state index is 12.1. The van der Waals surface area contributed by atoms with Gasteiger partial charge in [-0.1, -0.05) is 29.9 Å². The average molecular weight is 359 g/mol. The number of pyridine rings is 1. The van der Waals surface area contributed by atoms with Crippen LogP contribution in [0.25, 0.3) is 11.5 Å². The summed E-state index contributed by atoms with van der Waals surface area (Å²) in [5, 5.41) is 14.1. The van der Waals surface area contributed by atoms with Crippen molar-refractivity contribution in [2.24, 2.45) is 0 Å². The van der Waals surface area contributed by atoms with E-state index in [2.05, 4.69) is 35.6 Å². The summed E-state index contributed by atoms with van der Waals surface area (Å²) in [4.78, 5) is 24.7. The molecule has 1 atom stereocenters. The van der Waals surface area contributed by atoms with Crippen molar-refractivity contribution in [1.82, 2.24) is 35.6 Å². The molecule has 0 aliphatic heterocycles. The van der Waals surface area contributed by atoms with Gasteiger partial charge >= 0.3 is 0 Å². The van der Waals surface area contributed by atoms with Gasteiger partial charge in [-0.15, -0.1) is 5.10 Å². The molecule has 0 saturated heterocycles. The lowest BCUT2D eigenvalue weighted by Gasteiger charge is -2.08. The van der Waals surface area contributed by atoms with E-state index in [1.165, 1.54) is 11.8 Å². The lowest BCUT2D eigenvalue weighted by Crippen LogP contribution is -2.28. The minimum atomic E-state index is -0.406. The number of amides is 1. The summed E-state index contributed by atoms with van der Waals surface area (Å²) < 4.78 is 5.21. The highest BCUT2D eigenvalue weighted by Crippen LogP contribution is 2.17. The van der Waals surface area contributed by atoms with Crippen LogP contribution < -0.4 is 5.32 Å². The maximum atomic E-state index is 12.1. The fourth-order valence-electron chi connectivity index (χ4n) is 1.99. The van der Waals surface area contributed by atoms with Crippen molar-refractivity contribution in [3.05, 3.63) is 36.1 Å². The van der Waals surface area contributed by atoms with Gasteiger partial charge in [0.1, 0.15) is 17.6 Å². The molecule has 0 aliphatic carbocycles. The minimum absolute atomic E-state index is 0.169. The fraction of sp³-hybridized carbons (Fsp3) is 0.333. The molecule has 1 unspecified atom stereocenters. The van der Waals surface area contributed by atoms with Gasteiger partial charge in [-0.25, -0.2) is 4.98 Å². The number of hydrogen-bond donors (Lipinski definition) is 2. The maximum Gasteiger partial charge on any atom is 0.249 e. The van der Waals surface area contributed by atoms with Gasteiger partial charge in [0, 0.05) is 12.6 Å². The molecule has 3 aromatic rings. The van der Waals surface area contributed by atoms with Crippen molar-refractivity contribution in [3.8, 4) is 11.5 Å². The number of rotatable bonds is 7. The van der Waals surface area contributed by atoms with Gasteiger partial charge in [0.2, 0.25) is 22.8 Å². The van der Waals surface area contributed by atoms with Crippen molar-refractivity contribution in [3.63, 3.8) is 0 Å². The summed E-state index contributed by atoms with van der Waals surface area (Å²) in [6.07, 6.45) is 2.42. The zero-order valence-electron chi connectivity index (χ0n) is 13.8. The monoisotopic (exact) mass is 359 g/mol. The molecule has 0 radical (unpaired) electrons. The highest BCUT2D eigenvalue weighted by Gasteiger charge is 2.18. The fourth-order valence-corrected chi connectivity index (χ4v) is 2.61. The van der Waals surface area contributed by atoms with E-state index in [0.29, 0.717) is 22.6 Å². The van der Waals surface area contributed by atoms with Crippen molar-refractivity contribution in [1.29, 1.82) is 0 Å². The van der Waals surface area contributed by atoms with E-state index in [4.69, 9.17) is 4.52 Å². The Kier molecular flexibility index (Phi) is 5.39. The molecule has 3 heterocycles. The summed E-state index contributed by atoms with van der Waals surface area (Å²) >= 11 is 1.26. The molecule has 130 valence electrons. The molecule has 3 aromatic heterocycles. The zero-order valence-corrected chi connectivity index (χ0v) is 14.6. The summed E-state index contributed by atoms with van der Waals surface area (Å²) in [5.74, 6) is 1.54. The van der Waals surface area contributed by atoms with Gasteiger partial charge in [-0.05, 0) is 19.1 Å². The molecule has 0 bridgehead atoms. The molecule has 3 rings (SSSR count). The SMILES string of the molecule is CCc1nc(SCC(=O)NC(C)c2nc(-c3ccccn3)no2)n[nH]1. The Morgan fingerprint density at radius 2 is 2.28 bits per heavy atom. The number of carbonyl (C=O) groups excluding carboxylic acids is 1. The van der Waals surface area contributed by atoms with Crippen molar-refractivity contribution >= 4 is 17.7 Å². The van der Waals surface area contributed by atoms with Crippen LogP contribution in [0, 0.1) is 0 Å². The van der Waals surface area contributed by atoms with E-state index in [0.717, 1.165) is 12.2 Å². The van der Waals surface area contributed by atoms with Gasteiger partial charge in [-0.2, -0.15) is 4.98 Å². The van der Waals surface area contributed by atoms with E-state index in [1.807, 2.05) is 19.1 Å². The largest absolute Gasteiger partial charge is 0.344 e. The molecular formula is C15H17N7O2S. The number of aromatic amines is 1. The Bertz CT molecular complexity index is 833. The molecule has 0 aliphatic rings. The summed E-state index contributed by atoms with van der Waals surface area (Å²) in [7, 11) is 0. The topological polar surface area (TPSA) is 122 Å². The molecule has 25 heavy (non-hydrogen) atoms. The first-order chi connectivity index (χ1) is 12.2. The Morgan fingerprint density at radius 3 is 3.00 bits per heavy atom. The van der Waals surface area contributed by atoms with Gasteiger partial charge in [-0.3, -0.25) is 14.9 Å². The average Bonchev–Trinajstić information content (AvgIpc) is 3.30. The molecule has 0 fully saturated rings. The van der Waals surface area contributed by atoms with Crippen LogP contribution in [0.5, 0.6) is 0 Å². The first kappa shape index (κ1) is 17.1. The standard InChI is InChI=1S/C15H17N7O2S/c1-3-11-18-15(21-20-11)25-8-12(23)17-9(2)14-19-13(22-24-14)10-6-4-5-7-16-10/h4-7,9H,3,8H2,1-2H3,(H,17,23)(H,18,20,21). The molecule has 10 heteroatoms. The molecule has 0 saturated carbocycles. The predicted molar refractivity (Wildman–Crippen MR) is 90.6 cm³/mol. The van der Waals surface area contributed by atoms with E-state index < -0.39 is 6.04 Å². The highest BCUT2D eigenvalue weighted by atomic mass is 32.2. The Balaban J connectivity index is 1.54. The third-order valence-electron chi connectivity index (χ3n) is 3.26. The predicted octanol–water partition coefficient (Wildman–Crippen LogP) is 1.78. The smallest absolute Gasteiger partial charge is 0.249 e. The minimum Gasteiger partial charge on any atom is -0.344 e. The molecule has 2 N–H and O–H groups in total. The van der Waals surface area contributed by atoms with Gasteiger partial charge in [0.15, 0.2) is 0 Å². The number of carbonyl (C=O) groups is 1. The normalized spacial score (nSPS) is 12.1. The number of aromatic nitrogens is 6. The zero-order chi connectivity index (χ0) is 17.6. The first-order valence-electron chi connectivity index (χ1n) is 7.74. The van der Waals surface area contributed by atoms with Crippen molar-refractivity contribution < 1.29 is 9.32 Å². The summed E-state index contributed by atoms with van der Waals surface area (Å²) in [5.41, 5.74) is 0.614. The van der Waals surface area contributed by atoms with Crippen LogP contribution in [0.15, 0.2) is 34.1 Å². The van der Waals surface area contributed by atoms with E-state index >= 15 is 0 Å². The lowest BCUT2D eigenvalue weighted by atomic mass is 10.3. The molecule has 0 spiro atoms. The number of thioether (sulfide) groups is 1. The van der Waals surface area contributed by atoms with Crippen LogP contribution >= 0.6 is 11.8 Å². The van der Waals surface area contributed by atoms with E-state index in [1.54, 1.807) is 19.2 Å². The highest BCUT2D eigenvalue weighted by molar-refractivity contribution is 7.99. The Hall–Kier alpha value is -2.75. The van der Waals surface area contributed by atoms with E-state index in [-0.39, 0.29) is 11.7 Å². The van der Waals surface area contributed by atoms with Gasteiger partial charge < -0.3 is 9.84 Å². The van der Waals surface area contributed by atoms with Gasteiger partial charge in [0.05, 0.1) is 5.75 Å². The number of aryl methyl sites for hydroxylation is 1. The third kappa shape index (κ3) is 4.41. The second kappa shape index (κ2) is 7.88. The van der Waals surface area contributed by atoms with Crippen molar-refractivity contribution in [2.75, 3.05) is 5.75 Å². The molecular weight excluding hydrogens is 342 g/mol. The van der Waals surface area contributed by atoms with Gasteiger partial charge in [0.25, 0.3) is 0 Å². The number of H-pyrrole nitrogens is 1. The van der Waals surface area contributed by atoms with Crippen LogP contribution in [0.3, 0.4) is 0 Å². The summed E-state index contributed by atoms with van der Waals surface area (Å²) in [6.45, 7) is 3.76. The quantitative estimate of drug-likeness (QED) is 0.612. The Labute approximate surface area is 148 Å². The van der Waals surface area contributed by atoms with Crippen LogP contribution in [-0.4, -0.2) is 42.0 Å².